The standard InChI is InChI=1S/C27H29N3O2/c1-17-6-9-22(25(32)14-17)24(28)16-21(31)8-7-19-4-3-5-20(15-19)27-23-11-13-29-26(23)18(2)10-12-30-27/h6-14,19-20,28-29,32H,2-5,15-16H2,1H3/b8-7+,28-24?/t19-,20?/m0/s1. The highest BCUT2D eigenvalue weighted by Crippen LogP contribution is 2.35. The predicted molar refractivity (Wildman–Crippen MR) is 129 cm³/mol. The normalized spacial score (nSPS) is 20.7. The molecule has 5 heteroatoms. The summed E-state index contributed by atoms with van der Waals surface area (Å²) in [5.41, 5.74) is 5.65. The number of aromatic hydroxyl groups is 1. The lowest BCUT2D eigenvalue weighted by atomic mass is 9.77. The Labute approximate surface area is 188 Å². The zero-order valence-electron chi connectivity index (χ0n) is 18.4. The van der Waals surface area contributed by atoms with Crippen molar-refractivity contribution < 1.29 is 9.90 Å². The van der Waals surface area contributed by atoms with E-state index in [0.29, 0.717) is 17.4 Å². The molecule has 2 aromatic rings. The Morgan fingerprint density at radius 1 is 1.34 bits per heavy atom. The minimum atomic E-state index is -0.115. The molecule has 3 N–H and O–H groups in total. The number of allylic oxidation sites excluding steroid dienone is 4. The van der Waals surface area contributed by atoms with Gasteiger partial charge in [0.25, 0.3) is 0 Å². The third-order valence-corrected chi connectivity index (χ3v) is 6.32. The Morgan fingerprint density at radius 2 is 2.19 bits per heavy atom. The number of aromatic amines is 1. The van der Waals surface area contributed by atoms with E-state index in [0.717, 1.165) is 53.8 Å². The van der Waals surface area contributed by atoms with Crippen molar-refractivity contribution in [3.8, 4) is 5.75 Å². The molecule has 1 unspecified atom stereocenters. The van der Waals surface area contributed by atoms with E-state index in [1.54, 1.807) is 18.2 Å². The van der Waals surface area contributed by atoms with E-state index in [1.165, 1.54) is 0 Å². The average molecular weight is 428 g/mol. The maximum absolute atomic E-state index is 12.5. The quantitative estimate of drug-likeness (QED) is 0.405. The van der Waals surface area contributed by atoms with Crippen molar-refractivity contribution in [2.24, 2.45) is 16.8 Å². The lowest BCUT2D eigenvalue weighted by Gasteiger charge is -2.28. The average Bonchev–Trinajstić information content (AvgIpc) is 3.19. The van der Waals surface area contributed by atoms with Crippen molar-refractivity contribution in [3.05, 3.63) is 83.9 Å². The van der Waals surface area contributed by atoms with Crippen molar-refractivity contribution in [1.82, 2.24) is 4.98 Å². The van der Waals surface area contributed by atoms with Crippen molar-refractivity contribution in [3.63, 3.8) is 0 Å². The summed E-state index contributed by atoms with van der Waals surface area (Å²) in [5.74, 6) is 0.574. The van der Waals surface area contributed by atoms with Gasteiger partial charge in [0.1, 0.15) is 5.75 Å². The van der Waals surface area contributed by atoms with E-state index in [1.807, 2.05) is 37.5 Å². The fourth-order valence-corrected chi connectivity index (χ4v) is 4.65. The number of nitrogens with zero attached hydrogens (tertiary/aromatic N) is 1. The number of aromatic nitrogens is 1. The number of hydrogen-bond donors (Lipinski definition) is 3. The number of hydrogen-bond acceptors (Lipinski definition) is 4. The highest BCUT2D eigenvalue weighted by Gasteiger charge is 2.28. The van der Waals surface area contributed by atoms with Crippen LogP contribution in [0.4, 0.5) is 0 Å². The first-order valence-corrected chi connectivity index (χ1v) is 11.1. The van der Waals surface area contributed by atoms with Crippen LogP contribution in [0.15, 0.2) is 66.5 Å². The van der Waals surface area contributed by atoms with E-state index >= 15 is 0 Å². The molecule has 2 aliphatic rings. The van der Waals surface area contributed by atoms with Crippen LogP contribution in [-0.2, 0) is 4.79 Å². The van der Waals surface area contributed by atoms with Gasteiger partial charge in [-0.25, -0.2) is 0 Å². The Bertz CT molecular complexity index is 1150. The monoisotopic (exact) mass is 427 g/mol. The topological polar surface area (TPSA) is 89.3 Å². The van der Waals surface area contributed by atoms with Crippen LogP contribution in [0.2, 0.25) is 0 Å². The van der Waals surface area contributed by atoms with Crippen LogP contribution in [0.5, 0.6) is 5.75 Å². The molecular formula is C27H29N3O2. The van der Waals surface area contributed by atoms with Crippen LogP contribution in [0.25, 0.3) is 5.57 Å². The molecular weight excluding hydrogens is 398 g/mol. The van der Waals surface area contributed by atoms with Gasteiger partial charge in [0.15, 0.2) is 5.78 Å². The molecule has 1 saturated carbocycles. The summed E-state index contributed by atoms with van der Waals surface area (Å²) in [6.45, 7) is 5.99. The molecule has 0 radical (unpaired) electrons. The van der Waals surface area contributed by atoms with Crippen LogP contribution >= 0.6 is 0 Å². The number of rotatable bonds is 6. The van der Waals surface area contributed by atoms with Crippen LogP contribution in [0, 0.1) is 24.2 Å². The van der Waals surface area contributed by atoms with Gasteiger partial charge in [0.05, 0.1) is 23.5 Å². The molecule has 2 atom stereocenters. The van der Waals surface area contributed by atoms with Gasteiger partial charge in [-0.1, -0.05) is 25.1 Å². The van der Waals surface area contributed by atoms with Gasteiger partial charge in [-0.2, -0.15) is 0 Å². The number of phenolic OH excluding ortho intramolecular Hbond substituents is 1. The van der Waals surface area contributed by atoms with Gasteiger partial charge in [0, 0.05) is 29.4 Å². The molecule has 1 aliphatic carbocycles. The number of aliphatic imine (C=N–C) groups is 1. The van der Waals surface area contributed by atoms with E-state index in [9.17, 15) is 9.90 Å². The second kappa shape index (κ2) is 9.35. The van der Waals surface area contributed by atoms with Gasteiger partial charge in [-0.3, -0.25) is 9.79 Å². The van der Waals surface area contributed by atoms with Crippen LogP contribution < -0.4 is 0 Å². The SMILES string of the molecule is C=C1C=CN=C(C2CCC[C@@H](/C=C/C(=O)CC(=N)c3ccc(C)cc3O)C2)c2cc[nH]c21. The summed E-state index contributed by atoms with van der Waals surface area (Å²) in [6.07, 6.45) is 13.5. The molecule has 32 heavy (non-hydrogen) atoms. The summed E-state index contributed by atoms with van der Waals surface area (Å²) in [5, 5.41) is 18.3. The summed E-state index contributed by atoms with van der Waals surface area (Å²) >= 11 is 0. The van der Waals surface area contributed by atoms with Gasteiger partial charge in [0.2, 0.25) is 0 Å². The first-order valence-electron chi connectivity index (χ1n) is 11.1. The molecule has 0 spiro atoms. The Kier molecular flexibility index (Phi) is 6.35. The number of phenols is 1. The minimum Gasteiger partial charge on any atom is -0.507 e. The van der Waals surface area contributed by atoms with Crippen molar-refractivity contribution >= 4 is 22.8 Å². The van der Waals surface area contributed by atoms with Crippen LogP contribution in [-0.4, -0.2) is 27.3 Å². The second-order valence-electron chi connectivity index (χ2n) is 8.75. The molecule has 164 valence electrons. The molecule has 2 heterocycles. The fourth-order valence-electron chi connectivity index (χ4n) is 4.65. The smallest absolute Gasteiger partial charge is 0.161 e. The number of benzene rings is 1. The molecule has 1 aromatic heterocycles. The van der Waals surface area contributed by atoms with E-state index in [4.69, 9.17) is 10.4 Å². The molecule has 5 nitrogen and oxygen atoms in total. The maximum Gasteiger partial charge on any atom is 0.161 e. The van der Waals surface area contributed by atoms with Gasteiger partial charge >= 0.3 is 0 Å². The van der Waals surface area contributed by atoms with Gasteiger partial charge in [-0.15, -0.1) is 0 Å². The van der Waals surface area contributed by atoms with E-state index in [2.05, 4.69) is 17.6 Å². The third-order valence-electron chi connectivity index (χ3n) is 6.32. The molecule has 0 saturated heterocycles. The highest BCUT2D eigenvalue weighted by molar-refractivity contribution is 6.13. The number of carbonyl (C=O) groups is 1. The zero-order valence-corrected chi connectivity index (χ0v) is 18.4. The Balaban J connectivity index is 1.40. The maximum atomic E-state index is 12.5. The second-order valence-corrected chi connectivity index (χ2v) is 8.75. The largest absolute Gasteiger partial charge is 0.507 e. The molecule has 4 rings (SSSR count). The van der Waals surface area contributed by atoms with Crippen LogP contribution in [0.3, 0.4) is 0 Å². The number of ketones is 1. The van der Waals surface area contributed by atoms with E-state index < -0.39 is 0 Å². The van der Waals surface area contributed by atoms with Crippen molar-refractivity contribution in [2.75, 3.05) is 0 Å². The summed E-state index contributed by atoms with van der Waals surface area (Å²) in [7, 11) is 0. The zero-order chi connectivity index (χ0) is 22.7. The van der Waals surface area contributed by atoms with E-state index in [-0.39, 0.29) is 23.7 Å². The lowest BCUT2D eigenvalue weighted by molar-refractivity contribution is -0.113. The first-order chi connectivity index (χ1) is 15.4. The van der Waals surface area contributed by atoms with Crippen molar-refractivity contribution in [1.29, 1.82) is 5.41 Å². The first kappa shape index (κ1) is 21.8. The Morgan fingerprint density at radius 3 is 3.00 bits per heavy atom. The number of H-pyrrole nitrogens is 1. The van der Waals surface area contributed by atoms with Gasteiger partial charge < -0.3 is 15.5 Å². The molecule has 1 fully saturated rings. The van der Waals surface area contributed by atoms with Crippen LogP contribution in [0.1, 0.15) is 54.5 Å². The number of fused-ring (bicyclic) bond motifs is 1. The summed E-state index contributed by atoms with van der Waals surface area (Å²) in [6, 6.07) is 7.22. The predicted octanol–water partition coefficient (Wildman–Crippen LogP) is 5.75. The molecule has 0 bridgehead atoms. The molecule has 1 aliphatic heterocycles. The summed E-state index contributed by atoms with van der Waals surface area (Å²) < 4.78 is 0. The third kappa shape index (κ3) is 4.72. The Hall–Kier alpha value is -3.47. The van der Waals surface area contributed by atoms with Gasteiger partial charge in [-0.05, 0) is 73.6 Å². The van der Waals surface area contributed by atoms with Crippen molar-refractivity contribution in [2.45, 2.75) is 39.0 Å². The highest BCUT2D eigenvalue weighted by atomic mass is 16.3. The minimum absolute atomic E-state index is 0.0183. The molecule has 0 amide bonds. The summed E-state index contributed by atoms with van der Waals surface area (Å²) in [4.78, 5) is 20.5. The fraction of sp³-hybridized carbons (Fsp3) is 0.296. The lowest BCUT2D eigenvalue weighted by Crippen LogP contribution is -2.23. The number of nitrogens with one attached hydrogen (secondary N) is 2. The molecule has 1 aromatic carbocycles. The number of carbonyl (C=O) groups excluding carboxylic acids is 1. The number of aryl methyl sites for hydroxylation is 1.